The molecule has 2 aromatic rings. The van der Waals surface area contributed by atoms with Crippen LogP contribution in [0.15, 0.2) is 48.0 Å². The number of hydrogen-bond donors (Lipinski definition) is 0. The van der Waals surface area contributed by atoms with Gasteiger partial charge in [-0.05, 0) is 40.8 Å². The van der Waals surface area contributed by atoms with Crippen molar-refractivity contribution < 1.29 is 13.2 Å². The first-order chi connectivity index (χ1) is 9.99. The van der Waals surface area contributed by atoms with Crippen molar-refractivity contribution in [1.82, 2.24) is 0 Å². The van der Waals surface area contributed by atoms with Crippen molar-refractivity contribution in [2.24, 2.45) is 0 Å². The first-order valence-corrected chi connectivity index (χ1v) is 6.85. The predicted molar refractivity (Wildman–Crippen MR) is 78.6 cm³/mol. The summed E-state index contributed by atoms with van der Waals surface area (Å²) < 4.78 is 37.9. The average molecular weight is 287 g/mol. The number of alkyl halides is 3. The van der Waals surface area contributed by atoms with E-state index in [0.29, 0.717) is 0 Å². The Bertz CT molecular complexity index is 691. The number of halogens is 3. The first kappa shape index (κ1) is 13.9. The second-order valence-electron chi connectivity index (χ2n) is 5.10. The zero-order valence-electron chi connectivity index (χ0n) is 11.5. The third-order valence-electron chi connectivity index (χ3n) is 3.74. The minimum absolute atomic E-state index is 0.616. The van der Waals surface area contributed by atoms with Gasteiger partial charge in [0.05, 0.1) is 5.56 Å². The fraction of sp³-hybridized carbons (Fsp3) is 0.167. The molecule has 3 rings (SSSR count). The maximum atomic E-state index is 12.6. The van der Waals surface area contributed by atoms with Crippen molar-refractivity contribution in [3.05, 3.63) is 71.1 Å². The topological polar surface area (TPSA) is 0 Å². The lowest BCUT2D eigenvalue weighted by Crippen LogP contribution is -2.04. The van der Waals surface area contributed by atoms with Gasteiger partial charge >= 0.3 is 6.18 Å². The molecule has 0 amide bonds. The van der Waals surface area contributed by atoms with Gasteiger partial charge in [0.25, 0.3) is 0 Å². The van der Waals surface area contributed by atoms with Crippen molar-refractivity contribution in [2.45, 2.75) is 19.5 Å². The van der Waals surface area contributed by atoms with Crippen LogP contribution in [-0.4, -0.2) is 0 Å². The van der Waals surface area contributed by atoms with Crippen molar-refractivity contribution >= 4 is 6.08 Å². The second-order valence-corrected chi connectivity index (χ2v) is 5.10. The summed E-state index contributed by atoms with van der Waals surface area (Å²) >= 11 is 0. The van der Waals surface area contributed by atoms with E-state index in [0.717, 1.165) is 40.8 Å². The Morgan fingerprint density at radius 1 is 0.952 bits per heavy atom. The molecule has 21 heavy (non-hydrogen) atoms. The molecule has 0 saturated carbocycles. The zero-order chi connectivity index (χ0) is 15.0. The Hall–Kier alpha value is -2.03. The van der Waals surface area contributed by atoms with Crippen molar-refractivity contribution in [3.8, 4) is 11.1 Å². The minimum Gasteiger partial charge on any atom is -0.166 e. The molecule has 0 aromatic heterocycles. The predicted octanol–water partition coefficient (Wildman–Crippen LogP) is 5.73. The van der Waals surface area contributed by atoms with E-state index in [1.165, 1.54) is 17.7 Å². The van der Waals surface area contributed by atoms with Crippen LogP contribution in [0.5, 0.6) is 0 Å². The van der Waals surface area contributed by atoms with Gasteiger partial charge in [-0.2, -0.15) is 13.2 Å². The molecular weight excluding hydrogens is 273 g/mol. The van der Waals surface area contributed by atoms with Crippen LogP contribution >= 0.6 is 0 Å². The second kappa shape index (κ2) is 5.06. The molecule has 1 radical (unpaired) electrons. The number of benzene rings is 2. The molecule has 0 heterocycles. The van der Waals surface area contributed by atoms with Gasteiger partial charge in [0.15, 0.2) is 0 Å². The van der Waals surface area contributed by atoms with E-state index in [1.54, 1.807) is 0 Å². The molecule has 3 heteroatoms. The number of hydrogen-bond acceptors (Lipinski definition) is 0. The Morgan fingerprint density at radius 3 is 2.29 bits per heavy atom. The van der Waals surface area contributed by atoms with Gasteiger partial charge in [0, 0.05) is 6.42 Å². The van der Waals surface area contributed by atoms with E-state index in [-0.39, 0.29) is 0 Å². The van der Waals surface area contributed by atoms with Gasteiger partial charge < -0.3 is 0 Å². The minimum atomic E-state index is -4.29. The van der Waals surface area contributed by atoms with Gasteiger partial charge in [-0.15, -0.1) is 0 Å². The van der Waals surface area contributed by atoms with E-state index >= 15 is 0 Å². The summed E-state index contributed by atoms with van der Waals surface area (Å²) in [5.74, 6) is 0. The summed E-state index contributed by atoms with van der Waals surface area (Å²) in [5.41, 5.74) is 4.63. The van der Waals surface area contributed by atoms with Gasteiger partial charge in [-0.25, -0.2) is 0 Å². The Labute approximate surface area is 121 Å². The van der Waals surface area contributed by atoms with Crippen LogP contribution in [-0.2, 0) is 6.18 Å². The van der Waals surface area contributed by atoms with Crippen molar-refractivity contribution in [2.75, 3.05) is 0 Å². The highest BCUT2D eigenvalue weighted by molar-refractivity contribution is 5.83. The first-order valence-electron chi connectivity index (χ1n) is 6.85. The van der Waals surface area contributed by atoms with Gasteiger partial charge in [0.1, 0.15) is 0 Å². The number of fused-ring (bicyclic) bond motifs is 1. The lowest BCUT2D eigenvalue weighted by molar-refractivity contribution is -0.137. The normalized spacial score (nSPS) is 14.0. The Kier molecular flexibility index (Phi) is 3.36. The standard InChI is InChI=1S/C18H14F3/c1-2-12-10-14-4-3-5-16(17(14)11-12)13-6-8-15(9-7-13)18(19,20)21/h3-11H,2H2,1H3. The monoisotopic (exact) mass is 287 g/mol. The van der Waals surface area contributed by atoms with E-state index < -0.39 is 11.7 Å². The maximum absolute atomic E-state index is 12.6. The molecule has 0 fully saturated rings. The molecule has 0 atom stereocenters. The molecule has 0 N–H and O–H groups in total. The zero-order valence-corrected chi connectivity index (χ0v) is 11.5. The van der Waals surface area contributed by atoms with Gasteiger partial charge in [-0.1, -0.05) is 48.9 Å². The van der Waals surface area contributed by atoms with E-state index in [2.05, 4.69) is 19.4 Å². The number of allylic oxidation sites excluding steroid dienone is 1. The smallest absolute Gasteiger partial charge is 0.166 e. The highest BCUT2D eigenvalue weighted by Gasteiger charge is 2.30. The Morgan fingerprint density at radius 2 is 1.67 bits per heavy atom. The molecule has 0 saturated heterocycles. The van der Waals surface area contributed by atoms with Crippen molar-refractivity contribution in [3.63, 3.8) is 0 Å². The fourth-order valence-corrected chi connectivity index (χ4v) is 2.59. The summed E-state index contributed by atoms with van der Waals surface area (Å²) in [4.78, 5) is 0. The summed E-state index contributed by atoms with van der Waals surface area (Å²) in [6.07, 6.45) is 0.895. The van der Waals surface area contributed by atoms with Crippen LogP contribution in [0, 0.1) is 6.42 Å². The quantitative estimate of drug-likeness (QED) is 0.661. The summed E-state index contributed by atoms with van der Waals surface area (Å²) in [6, 6.07) is 11.3. The summed E-state index contributed by atoms with van der Waals surface area (Å²) in [7, 11) is 0. The molecular formula is C18H14F3. The summed E-state index contributed by atoms with van der Waals surface area (Å²) in [5, 5.41) is 0. The molecule has 107 valence electrons. The molecule has 0 spiro atoms. The lowest BCUT2D eigenvalue weighted by atomic mass is 9.96. The van der Waals surface area contributed by atoms with Crippen molar-refractivity contribution in [1.29, 1.82) is 0 Å². The molecule has 2 aromatic carbocycles. The fourth-order valence-electron chi connectivity index (χ4n) is 2.59. The average Bonchev–Trinajstić information content (AvgIpc) is 2.89. The summed E-state index contributed by atoms with van der Waals surface area (Å²) in [6.45, 7) is 2.09. The van der Waals surface area contributed by atoms with Crippen LogP contribution in [0.3, 0.4) is 0 Å². The number of rotatable bonds is 2. The molecule has 0 unspecified atom stereocenters. The van der Waals surface area contributed by atoms with Crippen LogP contribution in [0.2, 0.25) is 0 Å². The SMILES string of the molecule is CCC1=Cc2c(cccc2-c2ccc(C(F)(F)F)cc2)[CH]1. The van der Waals surface area contributed by atoms with Gasteiger partial charge in [0.2, 0.25) is 0 Å². The Balaban J connectivity index is 2.03. The largest absolute Gasteiger partial charge is 0.416 e. The van der Waals surface area contributed by atoms with E-state index in [9.17, 15) is 13.2 Å². The molecule has 1 aliphatic rings. The third kappa shape index (κ3) is 2.60. The lowest BCUT2D eigenvalue weighted by Gasteiger charge is -2.10. The third-order valence-corrected chi connectivity index (χ3v) is 3.74. The van der Waals surface area contributed by atoms with Crippen LogP contribution in [0.25, 0.3) is 17.2 Å². The van der Waals surface area contributed by atoms with Crippen LogP contribution in [0.1, 0.15) is 30.0 Å². The van der Waals surface area contributed by atoms with Gasteiger partial charge in [-0.3, -0.25) is 0 Å². The maximum Gasteiger partial charge on any atom is 0.416 e. The molecule has 0 bridgehead atoms. The van der Waals surface area contributed by atoms with E-state index in [1.807, 2.05) is 18.2 Å². The highest BCUT2D eigenvalue weighted by atomic mass is 19.4. The van der Waals surface area contributed by atoms with E-state index in [4.69, 9.17) is 0 Å². The molecule has 0 nitrogen and oxygen atoms in total. The molecule has 1 aliphatic carbocycles. The molecule has 0 aliphatic heterocycles. The van der Waals surface area contributed by atoms with Crippen LogP contribution in [0.4, 0.5) is 13.2 Å². The highest BCUT2D eigenvalue weighted by Crippen LogP contribution is 2.37. The van der Waals surface area contributed by atoms with Crippen LogP contribution < -0.4 is 0 Å².